The van der Waals surface area contributed by atoms with Crippen molar-refractivity contribution in [3.8, 4) is 0 Å². The Balaban J connectivity index is 2.30. The summed E-state index contributed by atoms with van der Waals surface area (Å²) in [5.74, 6) is 0.823. The molecule has 1 rings (SSSR count). The molecule has 1 heterocycles. The van der Waals surface area contributed by atoms with Crippen molar-refractivity contribution >= 4 is 12.6 Å². The summed E-state index contributed by atoms with van der Waals surface area (Å²) < 4.78 is 0. The van der Waals surface area contributed by atoms with Gasteiger partial charge in [-0.25, -0.2) is 0 Å². The molecule has 0 N–H and O–H groups in total. The summed E-state index contributed by atoms with van der Waals surface area (Å²) in [4.78, 5) is 2.48. The lowest BCUT2D eigenvalue weighted by atomic mass is 10.2. The van der Waals surface area contributed by atoms with E-state index in [1.807, 2.05) is 0 Å². The van der Waals surface area contributed by atoms with E-state index in [2.05, 4.69) is 31.0 Å². The molecule has 1 nitrogen and oxygen atoms in total. The van der Waals surface area contributed by atoms with Gasteiger partial charge in [-0.3, -0.25) is 4.90 Å². The zero-order valence-electron chi connectivity index (χ0n) is 7.21. The quantitative estimate of drug-likeness (QED) is 0.502. The van der Waals surface area contributed by atoms with Crippen LogP contribution in [0.4, 0.5) is 0 Å². The molecule has 0 aliphatic carbocycles. The van der Waals surface area contributed by atoms with Crippen LogP contribution in [-0.4, -0.2) is 29.8 Å². The normalized spacial score (nSPS) is 25.8. The van der Waals surface area contributed by atoms with Crippen molar-refractivity contribution in [2.45, 2.75) is 25.8 Å². The van der Waals surface area contributed by atoms with E-state index in [4.69, 9.17) is 0 Å². The van der Waals surface area contributed by atoms with Crippen LogP contribution >= 0.6 is 12.6 Å². The molecule has 1 saturated heterocycles. The average molecular weight is 171 g/mol. The molecule has 0 aromatic carbocycles. The van der Waals surface area contributed by atoms with Gasteiger partial charge in [0.1, 0.15) is 0 Å². The molecule has 1 aliphatic rings. The predicted octanol–water partition coefficient (Wildman–Crippen LogP) is 1.96. The fourth-order valence-electron chi connectivity index (χ4n) is 1.56. The first-order valence-electron chi connectivity index (χ1n) is 4.25. The summed E-state index contributed by atoms with van der Waals surface area (Å²) in [5, 5.41) is 0. The van der Waals surface area contributed by atoms with Crippen molar-refractivity contribution < 1.29 is 0 Å². The van der Waals surface area contributed by atoms with E-state index >= 15 is 0 Å². The maximum Gasteiger partial charge on any atom is 0.0201 e. The van der Waals surface area contributed by atoms with Gasteiger partial charge in [0, 0.05) is 18.3 Å². The smallest absolute Gasteiger partial charge is 0.0201 e. The van der Waals surface area contributed by atoms with Crippen molar-refractivity contribution in [2.24, 2.45) is 0 Å². The van der Waals surface area contributed by atoms with E-state index in [0.717, 1.165) is 18.3 Å². The third-order valence-corrected chi connectivity index (χ3v) is 2.79. The van der Waals surface area contributed by atoms with Crippen LogP contribution in [0.3, 0.4) is 0 Å². The highest BCUT2D eigenvalue weighted by molar-refractivity contribution is 7.80. The second-order valence-corrected chi connectivity index (χ2v) is 3.69. The zero-order valence-corrected chi connectivity index (χ0v) is 8.11. The Kier molecular flexibility index (Phi) is 3.46. The Morgan fingerprint density at radius 2 is 2.45 bits per heavy atom. The lowest BCUT2D eigenvalue weighted by molar-refractivity contribution is 0.292. The third kappa shape index (κ3) is 2.53. The largest absolute Gasteiger partial charge is 0.297 e. The zero-order chi connectivity index (χ0) is 8.27. The topological polar surface area (TPSA) is 3.24 Å². The van der Waals surface area contributed by atoms with Gasteiger partial charge in [-0.2, -0.15) is 12.6 Å². The second kappa shape index (κ2) is 4.17. The van der Waals surface area contributed by atoms with E-state index in [9.17, 15) is 0 Å². The second-order valence-electron chi connectivity index (χ2n) is 3.37. The minimum absolute atomic E-state index is 0.756. The summed E-state index contributed by atoms with van der Waals surface area (Å²) in [6.07, 6.45) is 2.70. The molecule has 0 spiro atoms. The highest BCUT2D eigenvalue weighted by Gasteiger charge is 2.19. The van der Waals surface area contributed by atoms with Crippen molar-refractivity contribution in [3.05, 3.63) is 12.2 Å². The standard InChI is InChI=1S/C9H17NS/c1-8(7-11)6-10-5-3-4-9(10)2/h9,11H,1,3-7H2,2H3. The first-order valence-corrected chi connectivity index (χ1v) is 4.89. The number of likely N-dealkylation sites (tertiary alicyclic amines) is 1. The summed E-state index contributed by atoms with van der Waals surface area (Å²) >= 11 is 4.19. The maximum atomic E-state index is 4.19. The van der Waals surface area contributed by atoms with Crippen LogP contribution in [0.1, 0.15) is 19.8 Å². The fraction of sp³-hybridized carbons (Fsp3) is 0.778. The molecule has 1 atom stereocenters. The molecule has 0 amide bonds. The number of hydrogen-bond donors (Lipinski definition) is 1. The Morgan fingerprint density at radius 1 is 1.73 bits per heavy atom. The van der Waals surface area contributed by atoms with Gasteiger partial charge in [-0.15, -0.1) is 0 Å². The summed E-state index contributed by atoms with van der Waals surface area (Å²) in [7, 11) is 0. The Hall–Kier alpha value is 0.0500. The van der Waals surface area contributed by atoms with Gasteiger partial charge in [-0.05, 0) is 26.3 Å². The van der Waals surface area contributed by atoms with Crippen LogP contribution in [-0.2, 0) is 0 Å². The molecule has 0 aromatic rings. The Morgan fingerprint density at radius 3 is 2.91 bits per heavy atom. The molecule has 1 unspecified atom stereocenters. The molecule has 0 saturated carbocycles. The van der Waals surface area contributed by atoms with Crippen molar-refractivity contribution in [1.29, 1.82) is 0 Å². The summed E-state index contributed by atoms with van der Waals surface area (Å²) in [6.45, 7) is 8.53. The maximum absolute atomic E-state index is 4.19. The molecule has 11 heavy (non-hydrogen) atoms. The number of nitrogens with zero attached hydrogens (tertiary/aromatic N) is 1. The minimum Gasteiger partial charge on any atom is -0.297 e. The van der Waals surface area contributed by atoms with Crippen LogP contribution in [0.25, 0.3) is 0 Å². The SMILES string of the molecule is C=C(CS)CN1CCCC1C. The van der Waals surface area contributed by atoms with Crippen molar-refractivity contribution in [2.75, 3.05) is 18.8 Å². The molecule has 0 aromatic heterocycles. The molecule has 1 fully saturated rings. The first-order chi connectivity index (χ1) is 5.24. The summed E-state index contributed by atoms with van der Waals surface area (Å²) in [6, 6.07) is 0.756. The van der Waals surface area contributed by atoms with Gasteiger partial charge in [0.2, 0.25) is 0 Å². The third-order valence-electron chi connectivity index (χ3n) is 2.34. The lowest BCUT2D eigenvalue weighted by Gasteiger charge is -2.21. The van der Waals surface area contributed by atoms with E-state index in [1.54, 1.807) is 0 Å². The van der Waals surface area contributed by atoms with Crippen molar-refractivity contribution in [1.82, 2.24) is 4.90 Å². The number of thiol groups is 1. The van der Waals surface area contributed by atoms with E-state index in [-0.39, 0.29) is 0 Å². The van der Waals surface area contributed by atoms with Crippen LogP contribution in [0, 0.1) is 0 Å². The number of hydrogen-bond acceptors (Lipinski definition) is 2. The monoisotopic (exact) mass is 171 g/mol. The fourth-order valence-corrected chi connectivity index (χ4v) is 1.66. The van der Waals surface area contributed by atoms with Crippen LogP contribution in [0.2, 0.25) is 0 Å². The average Bonchev–Trinajstić information content (AvgIpc) is 2.37. The molecule has 2 heteroatoms. The number of rotatable bonds is 3. The van der Waals surface area contributed by atoms with Gasteiger partial charge in [-0.1, -0.05) is 12.2 Å². The molecule has 1 aliphatic heterocycles. The van der Waals surface area contributed by atoms with E-state index < -0.39 is 0 Å². The molecular formula is C9H17NS. The van der Waals surface area contributed by atoms with Gasteiger partial charge in [0.05, 0.1) is 0 Å². The van der Waals surface area contributed by atoms with Crippen molar-refractivity contribution in [3.63, 3.8) is 0 Å². The van der Waals surface area contributed by atoms with E-state index in [0.29, 0.717) is 0 Å². The lowest BCUT2D eigenvalue weighted by Crippen LogP contribution is -2.28. The molecule has 64 valence electrons. The van der Waals surface area contributed by atoms with Gasteiger partial charge in [0.15, 0.2) is 0 Å². The van der Waals surface area contributed by atoms with Gasteiger partial charge in [0.25, 0.3) is 0 Å². The Labute approximate surface area is 74.9 Å². The minimum atomic E-state index is 0.756. The molecule has 0 radical (unpaired) electrons. The predicted molar refractivity (Wildman–Crippen MR) is 53.3 cm³/mol. The van der Waals surface area contributed by atoms with Gasteiger partial charge < -0.3 is 0 Å². The van der Waals surface area contributed by atoms with Gasteiger partial charge >= 0.3 is 0 Å². The van der Waals surface area contributed by atoms with E-state index in [1.165, 1.54) is 25.0 Å². The highest BCUT2D eigenvalue weighted by Crippen LogP contribution is 2.17. The summed E-state index contributed by atoms with van der Waals surface area (Å²) in [5.41, 5.74) is 1.24. The van der Waals surface area contributed by atoms with Crippen LogP contribution in [0.15, 0.2) is 12.2 Å². The van der Waals surface area contributed by atoms with Crippen LogP contribution < -0.4 is 0 Å². The molecule has 0 bridgehead atoms. The highest BCUT2D eigenvalue weighted by atomic mass is 32.1. The molecular weight excluding hydrogens is 154 g/mol. The Bertz CT molecular complexity index is 144. The van der Waals surface area contributed by atoms with Crippen LogP contribution in [0.5, 0.6) is 0 Å². The first kappa shape index (κ1) is 9.14.